The van der Waals surface area contributed by atoms with E-state index < -0.39 is 70.0 Å². The number of alkyl halides is 3. The molecule has 1 fully saturated rings. The highest BCUT2D eigenvalue weighted by Crippen LogP contribution is 2.47. The van der Waals surface area contributed by atoms with Crippen molar-refractivity contribution in [2.75, 3.05) is 11.9 Å². The Kier molecular flexibility index (Phi) is 8.00. The molecule has 4 amide bonds. The summed E-state index contributed by atoms with van der Waals surface area (Å²) in [6.07, 6.45) is -5.31. The Morgan fingerprint density at radius 2 is 1.77 bits per heavy atom. The molecular formula is C27H33F4N5O4. The quantitative estimate of drug-likeness (QED) is 0.471. The van der Waals surface area contributed by atoms with Crippen molar-refractivity contribution >= 4 is 29.3 Å². The van der Waals surface area contributed by atoms with Gasteiger partial charge in [-0.15, -0.1) is 0 Å². The highest BCUT2D eigenvalue weighted by Gasteiger charge is 2.57. The molecule has 40 heavy (non-hydrogen) atoms. The Labute approximate surface area is 229 Å². The summed E-state index contributed by atoms with van der Waals surface area (Å²) in [5, 5.41) is 16.8. The van der Waals surface area contributed by atoms with Crippen LogP contribution in [0.4, 0.5) is 23.2 Å². The number of hydrogen-bond donors (Lipinski definition) is 3. The molecule has 0 unspecified atom stereocenters. The average Bonchev–Trinajstić information content (AvgIpc) is 3.32. The monoisotopic (exact) mass is 567 g/mol. The van der Waals surface area contributed by atoms with Crippen molar-refractivity contribution in [3.8, 4) is 6.07 Å². The molecule has 1 spiro atoms. The SMILES string of the molecule is CC(C)(C)C[C@H](NC(=O)[C@@H](NC(=O)C(F)(F)F)C(C)(C)C)C(=O)N1C[C@]2(C[C@H]1C#N)C(=O)Nc1ccc(F)cc12. The number of anilines is 1. The lowest BCUT2D eigenvalue weighted by Gasteiger charge is -2.35. The number of nitriles is 1. The number of nitrogens with one attached hydrogen (secondary N) is 3. The Balaban J connectivity index is 1.95. The van der Waals surface area contributed by atoms with E-state index in [4.69, 9.17) is 0 Å². The van der Waals surface area contributed by atoms with E-state index in [0.717, 1.165) is 4.90 Å². The highest BCUT2D eigenvalue weighted by atomic mass is 19.4. The fourth-order valence-corrected chi connectivity index (χ4v) is 5.15. The maximum Gasteiger partial charge on any atom is 0.471 e. The van der Waals surface area contributed by atoms with Gasteiger partial charge in [0.1, 0.15) is 23.9 Å². The van der Waals surface area contributed by atoms with Crippen LogP contribution in [0.25, 0.3) is 0 Å². The van der Waals surface area contributed by atoms with E-state index in [0.29, 0.717) is 11.3 Å². The number of likely N-dealkylation sites (tertiary alicyclic amines) is 1. The summed E-state index contributed by atoms with van der Waals surface area (Å²) in [4.78, 5) is 53.1. The smallest absolute Gasteiger partial charge is 0.342 e. The normalized spacial score (nSPS) is 22.3. The van der Waals surface area contributed by atoms with Crippen molar-refractivity contribution in [2.24, 2.45) is 10.8 Å². The van der Waals surface area contributed by atoms with Gasteiger partial charge in [0, 0.05) is 18.7 Å². The number of benzene rings is 1. The van der Waals surface area contributed by atoms with Crippen molar-refractivity contribution < 1.29 is 36.7 Å². The number of rotatable bonds is 5. The maximum atomic E-state index is 14.1. The molecule has 0 saturated carbocycles. The summed E-state index contributed by atoms with van der Waals surface area (Å²) in [7, 11) is 0. The molecule has 2 heterocycles. The molecule has 2 aliphatic rings. The molecule has 1 aromatic rings. The largest absolute Gasteiger partial charge is 0.471 e. The molecule has 0 bridgehead atoms. The van der Waals surface area contributed by atoms with Gasteiger partial charge < -0.3 is 20.9 Å². The molecule has 0 radical (unpaired) electrons. The van der Waals surface area contributed by atoms with E-state index in [1.165, 1.54) is 39.0 Å². The summed E-state index contributed by atoms with van der Waals surface area (Å²) in [5.41, 5.74) is -2.45. The molecule has 1 aromatic carbocycles. The zero-order chi connectivity index (χ0) is 30.4. The molecular weight excluding hydrogens is 534 g/mol. The maximum absolute atomic E-state index is 14.1. The Morgan fingerprint density at radius 3 is 2.30 bits per heavy atom. The lowest BCUT2D eigenvalue weighted by Crippen LogP contribution is -2.60. The number of nitrogens with zero attached hydrogens (tertiary/aromatic N) is 2. The first-order chi connectivity index (χ1) is 18.2. The molecule has 4 atom stereocenters. The van der Waals surface area contributed by atoms with Crippen molar-refractivity contribution in [1.29, 1.82) is 5.26 Å². The third kappa shape index (κ3) is 6.21. The minimum atomic E-state index is -5.23. The van der Waals surface area contributed by atoms with Gasteiger partial charge in [0.25, 0.3) is 0 Å². The second kappa shape index (κ2) is 10.4. The second-order valence-corrected chi connectivity index (χ2v) is 12.6. The molecule has 3 rings (SSSR count). The molecule has 0 aromatic heterocycles. The van der Waals surface area contributed by atoms with Crippen LogP contribution in [0.1, 0.15) is 59.9 Å². The number of amides is 4. The van der Waals surface area contributed by atoms with Gasteiger partial charge in [-0.1, -0.05) is 41.5 Å². The first-order valence-electron chi connectivity index (χ1n) is 12.7. The Morgan fingerprint density at radius 1 is 1.15 bits per heavy atom. The summed E-state index contributed by atoms with van der Waals surface area (Å²) >= 11 is 0. The van der Waals surface area contributed by atoms with Crippen LogP contribution >= 0.6 is 0 Å². The van der Waals surface area contributed by atoms with E-state index in [1.807, 2.05) is 6.07 Å². The molecule has 13 heteroatoms. The van der Waals surface area contributed by atoms with E-state index in [9.17, 15) is 42.0 Å². The van der Waals surface area contributed by atoms with Gasteiger partial charge in [-0.2, -0.15) is 18.4 Å². The summed E-state index contributed by atoms with van der Waals surface area (Å²) in [6, 6.07) is 1.71. The second-order valence-electron chi connectivity index (χ2n) is 12.6. The minimum Gasteiger partial charge on any atom is -0.342 e. The predicted octanol–water partition coefficient (Wildman–Crippen LogP) is 3.15. The van der Waals surface area contributed by atoms with Crippen LogP contribution in [0.5, 0.6) is 0 Å². The highest BCUT2D eigenvalue weighted by molar-refractivity contribution is 6.07. The summed E-state index contributed by atoms with van der Waals surface area (Å²) in [6.45, 7) is 9.45. The van der Waals surface area contributed by atoms with Crippen LogP contribution in [0.2, 0.25) is 0 Å². The molecule has 1 saturated heterocycles. The summed E-state index contributed by atoms with van der Waals surface area (Å²) < 4.78 is 53.1. The zero-order valence-corrected chi connectivity index (χ0v) is 23.1. The first-order valence-corrected chi connectivity index (χ1v) is 12.7. The topological polar surface area (TPSA) is 131 Å². The van der Waals surface area contributed by atoms with Crippen molar-refractivity contribution in [2.45, 2.75) is 84.1 Å². The van der Waals surface area contributed by atoms with Gasteiger partial charge in [-0.05, 0) is 41.0 Å². The van der Waals surface area contributed by atoms with Crippen LogP contribution in [0.15, 0.2) is 18.2 Å². The number of carbonyl (C=O) groups excluding carboxylic acids is 4. The minimum absolute atomic E-state index is 0.0285. The predicted molar refractivity (Wildman–Crippen MR) is 136 cm³/mol. The van der Waals surface area contributed by atoms with E-state index in [2.05, 4.69) is 10.6 Å². The first kappa shape index (κ1) is 30.8. The van der Waals surface area contributed by atoms with Gasteiger partial charge in [-0.3, -0.25) is 19.2 Å². The van der Waals surface area contributed by atoms with E-state index in [-0.39, 0.29) is 19.4 Å². The number of halogens is 4. The average molecular weight is 568 g/mol. The van der Waals surface area contributed by atoms with Crippen molar-refractivity contribution in [1.82, 2.24) is 15.5 Å². The van der Waals surface area contributed by atoms with E-state index >= 15 is 0 Å². The third-order valence-corrected chi connectivity index (χ3v) is 7.06. The van der Waals surface area contributed by atoms with Gasteiger partial charge in [-0.25, -0.2) is 4.39 Å². The van der Waals surface area contributed by atoms with Crippen LogP contribution in [-0.4, -0.2) is 59.4 Å². The third-order valence-electron chi connectivity index (χ3n) is 7.06. The molecule has 0 aliphatic carbocycles. The van der Waals surface area contributed by atoms with Crippen LogP contribution in [0, 0.1) is 28.0 Å². The lowest BCUT2D eigenvalue weighted by molar-refractivity contribution is -0.175. The van der Waals surface area contributed by atoms with Gasteiger partial charge in [0.15, 0.2) is 0 Å². The van der Waals surface area contributed by atoms with Crippen molar-refractivity contribution in [3.05, 3.63) is 29.6 Å². The van der Waals surface area contributed by atoms with Gasteiger partial charge >= 0.3 is 12.1 Å². The Bertz CT molecular complexity index is 1260. The molecule has 2 aliphatic heterocycles. The standard InChI is InChI=1S/C27H33F4N5O4/c1-24(2,3)11-18(33-20(37)19(25(4,5)6)35-23(40)27(29,30)31)21(38)36-13-26(10-15(36)12-32)16-9-14(28)7-8-17(16)34-22(26)39/h7-9,15,18-19H,10-11,13H2,1-6H3,(H,33,37)(H,34,39)(H,35,40)/t15-,18-,19+,26-/m0/s1. The van der Waals surface area contributed by atoms with Crippen molar-refractivity contribution in [3.63, 3.8) is 0 Å². The number of hydrogen-bond acceptors (Lipinski definition) is 5. The van der Waals surface area contributed by atoms with E-state index in [1.54, 1.807) is 26.1 Å². The molecule has 9 nitrogen and oxygen atoms in total. The lowest BCUT2D eigenvalue weighted by atomic mass is 9.79. The summed E-state index contributed by atoms with van der Waals surface area (Å²) in [5.74, 6) is -5.13. The Hall–Kier alpha value is -3.69. The molecule has 218 valence electrons. The van der Waals surface area contributed by atoms with Crippen LogP contribution in [-0.2, 0) is 24.6 Å². The van der Waals surface area contributed by atoms with Gasteiger partial charge in [0.05, 0.1) is 11.5 Å². The number of fused-ring (bicyclic) bond motifs is 2. The fraction of sp³-hybridized carbons (Fsp3) is 0.593. The van der Waals surface area contributed by atoms with Crippen LogP contribution < -0.4 is 16.0 Å². The zero-order valence-electron chi connectivity index (χ0n) is 23.1. The van der Waals surface area contributed by atoms with Crippen LogP contribution in [0.3, 0.4) is 0 Å². The molecule has 3 N–H and O–H groups in total. The fourth-order valence-electron chi connectivity index (χ4n) is 5.15. The van der Waals surface area contributed by atoms with Gasteiger partial charge in [0.2, 0.25) is 17.7 Å². The number of carbonyl (C=O) groups is 4.